The van der Waals surface area contributed by atoms with Crippen LogP contribution >= 0.6 is 0 Å². The second-order valence-corrected chi connectivity index (χ2v) is 6.68. The van der Waals surface area contributed by atoms with Gasteiger partial charge in [0.05, 0.1) is 12.1 Å². The number of hydrogen-bond acceptors (Lipinski definition) is 8. The normalized spacial score (nSPS) is 40.7. The van der Waals surface area contributed by atoms with Gasteiger partial charge >= 0.3 is 5.97 Å². The highest BCUT2D eigenvalue weighted by Gasteiger charge is 2.57. The predicted octanol–water partition coefficient (Wildman–Crippen LogP) is -3.19. The molecule has 10 heteroatoms. The molecule has 5 N–H and O–H groups in total. The van der Waals surface area contributed by atoms with Gasteiger partial charge < -0.3 is 35.2 Å². The minimum Gasteiger partial charge on any atom is -0.388 e. The molecule has 7 atom stereocenters. The number of likely N-dealkylation sites (tertiary alicyclic amines) is 1. The van der Waals surface area contributed by atoms with Crippen molar-refractivity contribution in [1.29, 1.82) is 0 Å². The molecule has 0 aromatic carbocycles. The number of amides is 1. The van der Waals surface area contributed by atoms with Crippen LogP contribution in [0.15, 0.2) is 24.5 Å². The van der Waals surface area contributed by atoms with Crippen LogP contribution in [-0.2, 0) is 9.53 Å². The molecule has 144 valence electrons. The number of nitrogens with zero attached hydrogens (tertiary/aromatic N) is 2. The molecule has 0 spiro atoms. The zero-order chi connectivity index (χ0) is 19.2. The van der Waals surface area contributed by atoms with E-state index in [4.69, 9.17) is 9.57 Å². The number of aromatic nitrogens is 1. The minimum absolute atomic E-state index is 0.213. The first kappa shape index (κ1) is 19.0. The summed E-state index contributed by atoms with van der Waals surface area (Å²) >= 11 is 0. The van der Waals surface area contributed by atoms with Gasteiger partial charge in [0.2, 0.25) is 12.4 Å². The Hall–Kier alpha value is -1.82. The van der Waals surface area contributed by atoms with Gasteiger partial charge in [0, 0.05) is 29.8 Å². The highest BCUT2D eigenvalue weighted by molar-refractivity contribution is 5.83. The maximum Gasteiger partial charge on any atom is 0.418 e. The number of carbonyl (C=O) groups excluding carboxylic acids is 1. The van der Waals surface area contributed by atoms with Crippen LogP contribution in [0.3, 0.4) is 0 Å². The van der Waals surface area contributed by atoms with E-state index in [1.54, 1.807) is 19.2 Å². The Morgan fingerprint density at radius 1 is 1.31 bits per heavy atom. The molecule has 10 nitrogen and oxygen atoms in total. The van der Waals surface area contributed by atoms with E-state index >= 15 is 0 Å². The lowest BCUT2D eigenvalue weighted by Crippen LogP contribution is -2.71. The lowest BCUT2D eigenvalue weighted by atomic mass is 9.98. The van der Waals surface area contributed by atoms with Gasteiger partial charge in [-0.1, -0.05) is 0 Å². The van der Waals surface area contributed by atoms with E-state index in [1.807, 2.05) is 0 Å². The SMILES string of the molecule is C[C@H]1OC(O)(O[n+]2cccc([C@@H]3C[C@@H](O)C(=O)N3C)c2)[C@H](O)[C@@H](O)[C@@H]1O. The van der Waals surface area contributed by atoms with Crippen LogP contribution in [0.25, 0.3) is 0 Å². The van der Waals surface area contributed by atoms with Crippen LogP contribution in [0.5, 0.6) is 0 Å². The van der Waals surface area contributed by atoms with Gasteiger partial charge in [0.25, 0.3) is 5.91 Å². The second kappa shape index (κ2) is 6.72. The molecular formula is C16H23N2O8+. The van der Waals surface area contributed by atoms with E-state index in [-0.39, 0.29) is 18.4 Å². The average Bonchev–Trinajstić information content (AvgIpc) is 2.86. The van der Waals surface area contributed by atoms with Crippen LogP contribution in [0.2, 0.25) is 0 Å². The zero-order valence-electron chi connectivity index (χ0n) is 14.3. The largest absolute Gasteiger partial charge is 0.418 e. The summed E-state index contributed by atoms with van der Waals surface area (Å²) in [5, 5.41) is 49.8. The van der Waals surface area contributed by atoms with Crippen LogP contribution in [0.4, 0.5) is 0 Å². The molecule has 1 unspecified atom stereocenters. The summed E-state index contributed by atoms with van der Waals surface area (Å²) in [5.74, 6) is -2.97. The number of hydrogen-bond donors (Lipinski definition) is 5. The van der Waals surface area contributed by atoms with Crippen molar-refractivity contribution in [3.8, 4) is 0 Å². The first-order valence-electron chi connectivity index (χ1n) is 8.24. The lowest BCUT2D eigenvalue weighted by Gasteiger charge is -2.40. The van der Waals surface area contributed by atoms with Crippen LogP contribution in [0, 0.1) is 0 Å². The van der Waals surface area contributed by atoms with Crippen LogP contribution < -0.4 is 9.57 Å². The maximum absolute atomic E-state index is 11.8. The van der Waals surface area contributed by atoms with E-state index < -0.39 is 36.5 Å². The zero-order valence-corrected chi connectivity index (χ0v) is 14.3. The van der Waals surface area contributed by atoms with Crippen molar-refractivity contribution in [3.63, 3.8) is 0 Å². The van der Waals surface area contributed by atoms with Gasteiger partial charge in [-0.3, -0.25) is 4.79 Å². The van der Waals surface area contributed by atoms with Crippen molar-refractivity contribution >= 4 is 5.91 Å². The topological polar surface area (TPSA) is 144 Å². The number of pyridine rings is 1. The molecule has 0 radical (unpaired) electrons. The van der Waals surface area contributed by atoms with Crippen LogP contribution in [-0.4, -0.2) is 79.9 Å². The Labute approximate surface area is 149 Å². The molecule has 1 aromatic rings. The molecule has 1 aromatic heterocycles. The smallest absolute Gasteiger partial charge is 0.388 e. The molecule has 0 aliphatic carbocycles. The number of aliphatic hydroxyl groups is 5. The number of ether oxygens (including phenoxy) is 1. The fourth-order valence-electron chi connectivity index (χ4n) is 3.26. The summed E-state index contributed by atoms with van der Waals surface area (Å²) in [4.78, 5) is 18.5. The fourth-order valence-corrected chi connectivity index (χ4v) is 3.26. The van der Waals surface area contributed by atoms with E-state index in [1.165, 1.54) is 24.2 Å². The van der Waals surface area contributed by atoms with Gasteiger partial charge in [-0.05, 0) is 13.0 Å². The van der Waals surface area contributed by atoms with Gasteiger partial charge in [0.1, 0.15) is 18.3 Å². The molecule has 2 saturated heterocycles. The third kappa shape index (κ3) is 3.15. The summed E-state index contributed by atoms with van der Waals surface area (Å²) in [6, 6.07) is 2.92. The lowest BCUT2D eigenvalue weighted by molar-refractivity contribution is -0.932. The number of rotatable bonds is 3. The quantitative estimate of drug-likeness (QED) is 0.276. The van der Waals surface area contributed by atoms with Crippen molar-refractivity contribution in [2.75, 3.05) is 7.05 Å². The monoisotopic (exact) mass is 371 g/mol. The summed E-state index contributed by atoms with van der Waals surface area (Å²) < 4.78 is 6.21. The van der Waals surface area contributed by atoms with Gasteiger partial charge in [-0.15, -0.1) is 0 Å². The van der Waals surface area contributed by atoms with Gasteiger partial charge in [-0.25, -0.2) is 4.84 Å². The number of likely N-dealkylation sites (N-methyl/N-ethyl adjacent to an activating group) is 1. The summed E-state index contributed by atoms with van der Waals surface area (Å²) in [6.07, 6.45) is -3.94. The molecule has 3 rings (SSSR count). The van der Waals surface area contributed by atoms with E-state index in [0.717, 1.165) is 4.73 Å². The Balaban J connectivity index is 1.82. The molecule has 2 aliphatic rings. The van der Waals surface area contributed by atoms with Crippen molar-refractivity contribution in [1.82, 2.24) is 4.90 Å². The summed E-state index contributed by atoms with van der Waals surface area (Å²) in [6.45, 7) is 1.41. The Bertz CT molecular complexity index is 688. The van der Waals surface area contributed by atoms with Gasteiger partial charge in [-0.2, -0.15) is 0 Å². The molecular weight excluding hydrogens is 348 g/mol. The maximum atomic E-state index is 11.8. The second-order valence-electron chi connectivity index (χ2n) is 6.68. The van der Waals surface area contributed by atoms with Crippen molar-refractivity contribution in [2.24, 2.45) is 0 Å². The van der Waals surface area contributed by atoms with Crippen molar-refractivity contribution < 1.29 is 44.6 Å². The number of aliphatic hydroxyl groups excluding tert-OH is 4. The summed E-state index contributed by atoms with van der Waals surface area (Å²) in [7, 11) is 1.57. The van der Waals surface area contributed by atoms with E-state index in [9.17, 15) is 30.3 Å². The highest BCUT2D eigenvalue weighted by Crippen LogP contribution is 2.31. The predicted molar refractivity (Wildman–Crippen MR) is 82.9 cm³/mol. The summed E-state index contributed by atoms with van der Waals surface area (Å²) in [5.41, 5.74) is 0.627. The minimum atomic E-state index is -2.59. The molecule has 2 fully saturated rings. The molecule has 0 bridgehead atoms. The standard InChI is InChI=1S/C16H23N2O8/c1-8-12(20)13(21)14(22)16(24,25-8)26-18-5-3-4-9(7-18)10-6-11(19)15(23)17(10)2/h3-5,7-8,10-14,19-22,24H,6H2,1-2H3/q+1/t8-,10+,11-,12-,13+,14-,16?/m1/s1. The molecule has 26 heavy (non-hydrogen) atoms. The van der Waals surface area contributed by atoms with Crippen molar-refractivity contribution in [2.45, 2.75) is 55.9 Å². The van der Waals surface area contributed by atoms with Gasteiger partial charge in [0.15, 0.2) is 6.10 Å². The average molecular weight is 371 g/mol. The van der Waals surface area contributed by atoms with E-state index in [2.05, 4.69) is 0 Å². The Morgan fingerprint density at radius 3 is 2.62 bits per heavy atom. The van der Waals surface area contributed by atoms with Crippen molar-refractivity contribution in [3.05, 3.63) is 30.1 Å². The first-order valence-corrected chi connectivity index (χ1v) is 8.24. The molecule has 2 aliphatic heterocycles. The van der Waals surface area contributed by atoms with Crippen LogP contribution in [0.1, 0.15) is 24.9 Å². The Morgan fingerprint density at radius 2 is 2.00 bits per heavy atom. The fraction of sp³-hybridized carbons (Fsp3) is 0.625. The Kier molecular flexibility index (Phi) is 4.90. The third-order valence-electron chi connectivity index (χ3n) is 4.85. The molecule has 0 saturated carbocycles. The first-order chi connectivity index (χ1) is 12.1. The van der Waals surface area contributed by atoms with E-state index in [0.29, 0.717) is 5.56 Å². The highest BCUT2D eigenvalue weighted by atomic mass is 16.9. The molecule has 1 amide bonds. The molecule has 3 heterocycles. The third-order valence-corrected chi connectivity index (χ3v) is 4.85. The number of carbonyl (C=O) groups is 1.